The summed E-state index contributed by atoms with van der Waals surface area (Å²) < 4.78 is 13.0. The number of hydrogen-bond donors (Lipinski definition) is 1. The molecule has 0 spiro atoms. The van der Waals surface area contributed by atoms with E-state index >= 15 is 0 Å². The van der Waals surface area contributed by atoms with E-state index in [-0.39, 0.29) is 5.91 Å². The van der Waals surface area contributed by atoms with E-state index in [9.17, 15) is 9.18 Å². The fourth-order valence-electron chi connectivity index (χ4n) is 1.72. The molecule has 2 heterocycles. The van der Waals surface area contributed by atoms with Crippen LogP contribution in [0.4, 0.5) is 10.1 Å². The van der Waals surface area contributed by atoms with Gasteiger partial charge in [0, 0.05) is 13.1 Å². The van der Waals surface area contributed by atoms with Crippen LogP contribution < -0.4 is 10.6 Å². The van der Waals surface area contributed by atoms with E-state index in [2.05, 4.69) is 4.98 Å². The minimum absolute atomic E-state index is 0.193. The maximum absolute atomic E-state index is 13.0. The summed E-state index contributed by atoms with van der Waals surface area (Å²) >= 11 is 0. The highest BCUT2D eigenvalue weighted by Gasteiger charge is 2.26. The molecular weight excluding hydrogens is 197 g/mol. The summed E-state index contributed by atoms with van der Waals surface area (Å²) in [5, 5.41) is 0. The summed E-state index contributed by atoms with van der Waals surface area (Å²) in [7, 11) is 1.59. The van der Waals surface area contributed by atoms with Gasteiger partial charge in [0.25, 0.3) is 0 Å². The van der Waals surface area contributed by atoms with Crippen molar-refractivity contribution < 1.29 is 9.18 Å². The van der Waals surface area contributed by atoms with Crippen molar-refractivity contribution in [2.24, 2.45) is 5.73 Å². The Morgan fingerprint density at radius 2 is 2.40 bits per heavy atom. The highest BCUT2D eigenvalue weighted by atomic mass is 19.1. The van der Waals surface area contributed by atoms with Crippen LogP contribution in [0.5, 0.6) is 0 Å². The number of carbonyl (C=O) groups is 1. The summed E-state index contributed by atoms with van der Waals surface area (Å²) in [4.78, 5) is 17.0. The minimum atomic E-state index is -0.521. The number of pyridine rings is 1. The molecule has 0 saturated heterocycles. The largest absolute Gasteiger partial charge is 0.320 e. The van der Waals surface area contributed by atoms with Gasteiger partial charge in [0.1, 0.15) is 5.82 Å². The van der Waals surface area contributed by atoms with E-state index in [1.165, 1.54) is 11.0 Å². The first kappa shape index (κ1) is 10.0. The molecule has 0 unspecified atom stereocenters. The van der Waals surface area contributed by atoms with Crippen LogP contribution in [0, 0.1) is 5.82 Å². The maximum Gasteiger partial charge on any atom is 0.243 e. The topological polar surface area (TPSA) is 59.2 Å². The summed E-state index contributed by atoms with van der Waals surface area (Å²) in [6.45, 7) is 0. The number of nitrogens with zero attached hydrogens (tertiary/aromatic N) is 2. The Labute approximate surface area is 86.9 Å². The Hall–Kier alpha value is -1.49. The number of likely N-dealkylation sites (N-methyl/N-ethyl adjacent to an activating group) is 1. The summed E-state index contributed by atoms with van der Waals surface area (Å²) in [6, 6.07) is 0.797. The number of anilines is 1. The predicted octanol–water partition coefficient (Wildman–Crippen LogP) is 0.457. The van der Waals surface area contributed by atoms with Crippen molar-refractivity contribution in [2.75, 3.05) is 11.9 Å². The normalized spacial score (nSPS) is 21.1. The zero-order chi connectivity index (χ0) is 11.0. The Kier molecular flexibility index (Phi) is 2.40. The fourth-order valence-corrected chi connectivity index (χ4v) is 1.72. The molecule has 80 valence electrons. The highest BCUT2D eigenvalue weighted by Crippen LogP contribution is 2.24. The van der Waals surface area contributed by atoms with Crippen LogP contribution in [0.1, 0.15) is 12.1 Å². The van der Waals surface area contributed by atoms with E-state index in [0.717, 1.165) is 11.9 Å². The number of halogens is 1. The zero-order valence-electron chi connectivity index (χ0n) is 8.40. The number of aryl methyl sites for hydroxylation is 1. The summed E-state index contributed by atoms with van der Waals surface area (Å²) in [5.74, 6) is -0.634. The van der Waals surface area contributed by atoms with Crippen molar-refractivity contribution in [3.8, 4) is 0 Å². The summed E-state index contributed by atoms with van der Waals surface area (Å²) in [6.07, 6.45) is 2.32. The molecule has 2 rings (SSSR count). The average molecular weight is 209 g/mol. The van der Waals surface area contributed by atoms with Crippen LogP contribution in [0.25, 0.3) is 0 Å². The standard InChI is InChI=1S/C10H12FN3O/c1-14-9-4-6(11)5-13-8(9)3-2-7(12)10(14)15/h4-5,7H,2-3,12H2,1H3/t7-/m0/s1. The molecule has 0 bridgehead atoms. The maximum atomic E-state index is 13.0. The molecule has 1 aliphatic rings. The molecule has 1 aliphatic heterocycles. The lowest BCUT2D eigenvalue weighted by atomic mass is 10.1. The quantitative estimate of drug-likeness (QED) is 0.675. The fraction of sp³-hybridized carbons (Fsp3) is 0.400. The van der Waals surface area contributed by atoms with Gasteiger partial charge in [-0.05, 0) is 12.8 Å². The lowest BCUT2D eigenvalue weighted by Crippen LogP contribution is -2.40. The molecule has 5 heteroatoms. The van der Waals surface area contributed by atoms with Crippen LogP contribution in [-0.2, 0) is 11.2 Å². The molecule has 15 heavy (non-hydrogen) atoms. The van der Waals surface area contributed by atoms with Crippen LogP contribution in [0.15, 0.2) is 12.3 Å². The first-order chi connectivity index (χ1) is 7.09. The average Bonchev–Trinajstić information content (AvgIpc) is 2.32. The van der Waals surface area contributed by atoms with Gasteiger partial charge in [-0.15, -0.1) is 0 Å². The Bertz CT molecular complexity index is 408. The third kappa shape index (κ3) is 1.70. The molecule has 1 atom stereocenters. The minimum Gasteiger partial charge on any atom is -0.320 e. The number of fused-ring (bicyclic) bond motifs is 1. The molecule has 0 saturated carbocycles. The van der Waals surface area contributed by atoms with Gasteiger partial charge in [-0.25, -0.2) is 4.39 Å². The number of nitrogens with two attached hydrogens (primary N) is 1. The van der Waals surface area contributed by atoms with E-state index in [0.29, 0.717) is 18.5 Å². The van der Waals surface area contributed by atoms with E-state index in [1.54, 1.807) is 7.05 Å². The SMILES string of the molecule is CN1C(=O)[C@@H](N)CCc2ncc(F)cc21. The Balaban J connectivity index is 2.48. The van der Waals surface area contributed by atoms with E-state index in [4.69, 9.17) is 5.73 Å². The first-order valence-electron chi connectivity index (χ1n) is 4.77. The lowest BCUT2D eigenvalue weighted by molar-refractivity contribution is -0.119. The third-order valence-corrected chi connectivity index (χ3v) is 2.62. The van der Waals surface area contributed by atoms with Crippen LogP contribution >= 0.6 is 0 Å². The highest BCUT2D eigenvalue weighted by molar-refractivity contribution is 5.97. The molecule has 2 N–H and O–H groups in total. The second kappa shape index (κ2) is 3.58. The molecule has 1 aromatic rings. The number of aromatic nitrogens is 1. The van der Waals surface area contributed by atoms with Gasteiger partial charge in [0.2, 0.25) is 5.91 Å². The van der Waals surface area contributed by atoms with Crippen molar-refractivity contribution in [3.05, 3.63) is 23.8 Å². The van der Waals surface area contributed by atoms with Gasteiger partial charge < -0.3 is 10.6 Å². The Morgan fingerprint density at radius 3 is 3.13 bits per heavy atom. The van der Waals surface area contributed by atoms with E-state index < -0.39 is 11.9 Å². The number of carbonyl (C=O) groups excluding carboxylic acids is 1. The van der Waals surface area contributed by atoms with Gasteiger partial charge in [-0.1, -0.05) is 0 Å². The second-order valence-electron chi connectivity index (χ2n) is 3.66. The van der Waals surface area contributed by atoms with Crippen LogP contribution in [0.3, 0.4) is 0 Å². The molecular formula is C10H12FN3O. The van der Waals surface area contributed by atoms with Crippen molar-refractivity contribution in [1.82, 2.24) is 4.98 Å². The van der Waals surface area contributed by atoms with E-state index in [1.807, 2.05) is 0 Å². The molecule has 1 aromatic heterocycles. The molecule has 1 amide bonds. The Morgan fingerprint density at radius 1 is 1.67 bits per heavy atom. The lowest BCUT2D eigenvalue weighted by Gasteiger charge is -2.18. The van der Waals surface area contributed by atoms with Crippen molar-refractivity contribution >= 4 is 11.6 Å². The number of rotatable bonds is 0. The number of hydrogen-bond acceptors (Lipinski definition) is 3. The predicted molar refractivity (Wildman–Crippen MR) is 53.9 cm³/mol. The first-order valence-corrected chi connectivity index (χ1v) is 4.77. The molecule has 0 aliphatic carbocycles. The molecule has 0 radical (unpaired) electrons. The summed E-state index contributed by atoms with van der Waals surface area (Å²) in [5.41, 5.74) is 6.92. The van der Waals surface area contributed by atoms with Crippen molar-refractivity contribution in [1.29, 1.82) is 0 Å². The third-order valence-electron chi connectivity index (χ3n) is 2.62. The smallest absolute Gasteiger partial charge is 0.243 e. The molecule has 0 aromatic carbocycles. The van der Waals surface area contributed by atoms with Gasteiger partial charge in [0.15, 0.2) is 0 Å². The monoisotopic (exact) mass is 209 g/mol. The van der Waals surface area contributed by atoms with Crippen molar-refractivity contribution in [3.63, 3.8) is 0 Å². The van der Waals surface area contributed by atoms with Crippen LogP contribution in [-0.4, -0.2) is 24.0 Å². The van der Waals surface area contributed by atoms with Gasteiger partial charge in [-0.3, -0.25) is 9.78 Å². The van der Waals surface area contributed by atoms with Crippen LogP contribution in [0.2, 0.25) is 0 Å². The molecule has 4 nitrogen and oxygen atoms in total. The van der Waals surface area contributed by atoms with Crippen molar-refractivity contribution in [2.45, 2.75) is 18.9 Å². The second-order valence-corrected chi connectivity index (χ2v) is 3.66. The van der Waals surface area contributed by atoms with Gasteiger partial charge >= 0.3 is 0 Å². The zero-order valence-corrected chi connectivity index (χ0v) is 8.40. The molecule has 0 fully saturated rings. The van der Waals surface area contributed by atoms with Gasteiger partial charge in [-0.2, -0.15) is 0 Å². The van der Waals surface area contributed by atoms with Gasteiger partial charge in [0.05, 0.1) is 23.6 Å². The number of amides is 1.